The van der Waals surface area contributed by atoms with E-state index in [1.807, 2.05) is 36.2 Å². The van der Waals surface area contributed by atoms with Gasteiger partial charge in [-0.05, 0) is 37.8 Å². The molecular formula is C18H23N3O2S. The number of carbonyl (C=O) groups excluding carboxylic acids is 2. The molecule has 2 saturated heterocycles. The summed E-state index contributed by atoms with van der Waals surface area (Å²) in [4.78, 5) is 29.7. The SMILES string of the molecule is CN(C(=O)CN1C(=O)CSc2ccccc21)C1CC2CCC(C1)N2. The Labute approximate surface area is 146 Å². The number of thioether (sulfide) groups is 1. The van der Waals surface area contributed by atoms with Gasteiger partial charge in [0.1, 0.15) is 6.54 Å². The van der Waals surface area contributed by atoms with Crippen molar-refractivity contribution in [2.24, 2.45) is 0 Å². The van der Waals surface area contributed by atoms with E-state index in [4.69, 9.17) is 0 Å². The van der Waals surface area contributed by atoms with E-state index in [-0.39, 0.29) is 18.4 Å². The average Bonchev–Trinajstić information content (AvgIpc) is 2.94. The molecule has 2 unspecified atom stereocenters. The maximum atomic E-state index is 12.8. The summed E-state index contributed by atoms with van der Waals surface area (Å²) in [5.41, 5.74) is 0.867. The average molecular weight is 345 g/mol. The first kappa shape index (κ1) is 16.0. The Morgan fingerprint density at radius 2 is 2.00 bits per heavy atom. The van der Waals surface area contributed by atoms with E-state index in [0.29, 0.717) is 23.9 Å². The van der Waals surface area contributed by atoms with Crippen LogP contribution in [0.4, 0.5) is 5.69 Å². The second kappa shape index (κ2) is 6.41. The van der Waals surface area contributed by atoms with Crippen molar-refractivity contribution in [2.75, 3.05) is 24.2 Å². The Hall–Kier alpha value is -1.53. The summed E-state index contributed by atoms with van der Waals surface area (Å²) in [6.45, 7) is 0.145. The highest BCUT2D eigenvalue weighted by molar-refractivity contribution is 8.00. The van der Waals surface area contributed by atoms with E-state index >= 15 is 0 Å². The van der Waals surface area contributed by atoms with Gasteiger partial charge in [0, 0.05) is 30.1 Å². The van der Waals surface area contributed by atoms with Gasteiger partial charge in [-0.1, -0.05) is 12.1 Å². The maximum Gasteiger partial charge on any atom is 0.242 e. The number of carbonyl (C=O) groups is 2. The number of likely N-dealkylation sites (N-methyl/N-ethyl adjacent to an activating group) is 1. The number of amides is 2. The Balaban J connectivity index is 1.46. The molecular weight excluding hydrogens is 322 g/mol. The monoisotopic (exact) mass is 345 g/mol. The molecule has 2 bridgehead atoms. The number of hydrogen-bond donors (Lipinski definition) is 1. The van der Waals surface area contributed by atoms with Gasteiger partial charge in [0.2, 0.25) is 11.8 Å². The second-order valence-electron chi connectivity index (χ2n) is 7.00. The fourth-order valence-corrected chi connectivity index (χ4v) is 5.06. The molecule has 0 aromatic heterocycles. The van der Waals surface area contributed by atoms with E-state index in [2.05, 4.69) is 5.32 Å². The minimum atomic E-state index is 0.0193. The lowest BCUT2D eigenvalue weighted by molar-refractivity contribution is -0.132. The molecule has 2 fully saturated rings. The van der Waals surface area contributed by atoms with Crippen LogP contribution in [0.3, 0.4) is 0 Å². The molecule has 2 amide bonds. The zero-order valence-electron chi connectivity index (χ0n) is 13.9. The summed E-state index contributed by atoms with van der Waals surface area (Å²) < 4.78 is 0. The lowest BCUT2D eigenvalue weighted by atomic mass is 9.98. The zero-order chi connectivity index (χ0) is 16.7. The van der Waals surface area contributed by atoms with Crippen LogP contribution in [0.2, 0.25) is 0 Å². The summed E-state index contributed by atoms with van der Waals surface area (Å²) in [5.74, 6) is 0.466. The Morgan fingerprint density at radius 3 is 2.75 bits per heavy atom. The number of piperidine rings is 1. The van der Waals surface area contributed by atoms with Gasteiger partial charge in [-0.2, -0.15) is 0 Å². The molecule has 3 heterocycles. The molecule has 1 aromatic rings. The van der Waals surface area contributed by atoms with Crippen LogP contribution >= 0.6 is 11.8 Å². The normalized spacial score (nSPS) is 28.6. The highest BCUT2D eigenvalue weighted by Crippen LogP contribution is 2.35. The third-order valence-corrected chi connectivity index (χ3v) is 6.54. The minimum absolute atomic E-state index is 0.0193. The van der Waals surface area contributed by atoms with Crippen LogP contribution < -0.4 is 10.2 Å². The number of benzene rings is 1. The molecule has 1 N–H and O–H groups in total. The maximum absolute atomic E-state index is 12.8. The highest BCUT2D eigenvalue weighted by atomic mass is 32.2. The van der Waals surface area contributed by atoms with Crippen molar-refractivity contribution in [3.8, 4) is 0 Å². The van der Waals surface area contributed by atoms with Crippen molar-refractivity contribution in [3.63, 3.8) is 0 Å². The van der Waals surface area contributed by atoms with Gasteiger partial charge in [-0.3, -0.25) is 9.59 Å². The van der Waals surface area contributed by atoms with Crippen LogP contribution in [0.5, 0.6) is 0 Å². The van der Waals surface area contributed by atoms with E-state index in [1.165, 1.54) is 12.8 Å². The van der Waals surface area contributed by atoms with Gasteiger partial charge in [-0.15, -0.1) is 11.8 Å². The van der Waals surface area contributed by atoms with Gasteiger partial charge in [-0.25, -0.2) is 0 Å². The third kappa shape index (κ3) is 2.93. The Bertz CT molecular complexity index is 653. The molecule has 128 valence electrons. The summed E-state index contributed by atoms with van der Waals surface area (Å²) in [7, 11) is 1.90. The Morgan fingerprint density at radius 1 is 1.29 bits per heavy atom. The smallest absolute Gasteiger partial charge is 0.242 e. The molecule has 3 aliphatic rings. The molecule has 3 aliphatic heterocycles. The summed E-state index contributed by atoms with van der Waals surface area (Å²) in [6.07, 6.45) is 4.50. The van der Waals surface area contributed by atoms with Crippen LogP contribution in [-0.4, -0.2) is 54.2 Å². The lowest BCUT2D eigenvalue weighted by Gasteiger charge is -2.37. The highest BCUT2D eigenvalue weighted by Gasteiger charge is 2.37. The van der Waals surface area contributed by atoms with Crippen LogP contribution in [0.25, 0.3) is 0 Å². The number of anilines is 1. The van der Waals surface area contributed by atoms with Crippen molar-refractivity contribution in [2.45, 2.75) is 48.7 Å². The number of fused-ring (bicyclic) bond motifs is 3. The molecule has 1 aromatic carbocycles. The minimum Gasteiger partial charge on any atom is -0.341 e. The molecule has 0 radical (unpaired) electrons. The molecule has 0 spiro atoms. The molecule has 0 saturated carbocycles. The van der Waals surface area contributed by atoms with Crippen molar-refractivity contribution in [3.05, 3.63) is 24.3 Å². The third-order valence-electron chi connectivity index (χ3n) is 5.49. The number of para-hydroxylation sites is 1. The second-order valence-corrected chi connectivity index (χ2v) is 8.02. The fraction of sp³-hybridized carbons (Fsp3) is 0.556. The first-order chi connectivity index (χ1) is 11.6. The summed E-state index contributed by atoms with van der Waals surface area (Å²) in [6, 6.07) is 9.23. The molecule has 24 heavy (non-hydrogen) atoms. The largest absolute Gasteiger partial charge is 0.341 e. The van der Waals surface area contributed by atoms with Crippen LogP contribution in [0.15, 0.2) is 29.2 Å². The molecule has 4 rings (SSSR count). The first-order valence-electron chi connectivity index (χ1n) is 8.65. The Kier molecular flexibility index (Phi) is 4.26. The van der Waals surface area contributed by atoms with E-state index in [9.17, 15) is 9.59 Å². The molecule has 2 atom stereocenters. The fourth-order valence-electron chi connectivity index (χ4n) is 4.12. The molecule has 5 nitrogen and oxygen atoms in total. The van der Waals surface area contributed by atoms with Gasteiger partial charge < -0.3 is 15.1 Å². The number of nitrogens with zero attached hydrogens (tertiary/aromatic N) is 2. The van der Waals surface area contributed by atoms with Crippen LogP contribution in [0.1, 0.15) is 25.7 Å². The predicted octanol–water partition coefficient (Wildman–Crippen LogP) is 1.87. The first-order valence-corrected chi connectivity index (χ1v) is 9.64. The van der Waals surface area contributed by atoms with Crippen molar-refractivity contribution < 1.29 is 9.59 Å². The van der Waals surface area contributed by atoms with Gasteiger partial charge >= 0.3 is 0 Å². The lowest BCUT2D eigenvalue weighted by Crippen LogP contribution is -2.51. The van der Waals surface area contributed by atoms with E-state index < -0.39 is 0 Å². The quantitative estimate of drug-likeness (QED) is 0.909. The number of nitrogens with one attached hydrogen (secondary N) is 1. The van der Waals surface area contributed by atoms with Crippen molar-refractivity contribution in [1.82, 2.24) is 10.2 Å². The zero-order valence-corrected chi connectivity index (χ0v) is 14.7. The van der Waals surface area contributed by atoms with Gasteiger partial charge in [0.05, 0.1) is 11.4 Å². The number of hydrogen-bond acceptors (Lipinski definition) is 4. The van der Waals surface area contributed by atoms with E-state index in [0.717, 1.165) is 23.4 Å². The number of rotatable bonds is 3. The standard InChI is InChI=1S/C18H23N3O2S/c1-20(14-8-12-6-7-13(9-14)19-12)17(22)10-21-15-4-2-3-5-16(15)24-11-18(21)23/h2-5,12-14,19H,6-11H2,1H3. The van der Waals surface area contributed by atoms with Crippen LogP contribution in [-0.2, 0) is 9.59 Å². The molecule has 6 heteroatoms. The van der Waals surface area contributed by atoms with E-state index in [1.54, 1.807) is 16.7 Å². The predicted molar refractivity (Wildman–Crippen MR) is 95.3 cm³/mol. The van der Waals surface area contributed by atoms with Gasteiger partial charge in [0.15, 0.2) is 0 Å². The summed E-state index contributed by atoms with van der Waals surface area (Å²) in [5, 5.41) is 3.61. The van der Waals surface area contributed by atoms with Crippen molar-refractivity contribution in [1.29, 1.82) is 0 Å². The summed E-state index contributed by atoms with van der Waals surface area (Å²) >= 11 is 1.55. The van der Waals surface area contributed by atoms with Crippen molar-refractivity contribution >= 4 is 29.3 Å². The van der Waals surface area contributed by atoms with Crippen LogP contribution in [0, 0.1) is 0 Å². The molecule has 0 aliphatic carbocycles. The topological polar surface area (TPSA) is 52.7 Å². The van der Waals surface area contributed by atoms with Gasteiger partial charge in [0.25, 0.3) is 0 Å².